The molecule has 3 atom stereocenters. The second-order valence-electron chi connectivity index (χ2n) is 5.63. The summed E-state index contributed by atoms with van der Waals surface area (Å²) in [6.45, 7) is -0.463. The van der Waals surface area contributed by atoms with E-state index < -0.39 is 30.5 Å². The Labute approximate surface area is 127 Å². The van der Waals surface area contributed by atoms with E-state index in [1.807, 2.05) is 24.3 Å². The second kappa shape index (κ2) is 5.42. The highest BCUT2D eigenvalue weighted by Gasteiger charge is 2.47. The van der Waals surface area contributed by atoms with Crippen LogP contribution in [0.2, 0.25) is 0 Å². The summed E-state index contributed by atoms with van der Waals surface area (Å²) in [5.74, 6) is -1.83. The molecule has 22 heavy (non-hydrogen) atoms. The Balaban J connectivity index is 1.92. The zero-order valence-electron chi connectivity index (χ0n) is 11.9. The summed E-state index contributed by atoms with van der Waals surface area (Å²) in [7, 11) is 0. The van der Waals surface area contributed by atoms with Crippen LogP contribution >= 0.6 is 0 Å². The summed E-state index contributed by atoms with van der Waals surface area (Å²) < 4.78 is 0. The molecule has 3 rings (SSSR count). The third-order valence-electron chi connectivity index (χ3n) is 4.26. The summed E-state index contributed by atoms with van der Waals surface area (Å²) in [6, 6.07) is 6.12. The maximum absolute atomic E-state index is 12.3. The molecule has 0 saturated carbocycles. The summed E-state index contributed by atoms with van der Waals surface area (Å²) in [4.78, 5) is 36.7. The van der Waals surface area contributed by atoms with E-state index in [1.54, 1.807) is 0 Å². The van der Waals surface area contributed by atoms with Crippen LogP contribution in [0.15, 0.2) is 24.3 Å². The molecular formula is C15H17N3O4. The molecule has 0 unspecified atom stereocenters. The first-order valence-electron chi connectivity index (χ1n) is 7.14. The SMILES string of the molecule is N[C@H]1C[C@@H]2c3ccccc3C[C@@H](C(=O)NCC(=O)O)N2C1=O. The number of nitrogens with two attached hydrogens (primary N) is 1. The Morgan fingerprint density at radius 2 is 2.09 bits per heavy atom. The molecule has 1 aromatic rings. The zero-order valence-corrected chi connectivity index (χ0v) is 11.9. The Hall–Kier alpha value is -2.41. The minimum absolute atomic E-state index is 0.215. The van der Waals surface area contributed by atoms with Crippen molar-refractivity contribution in [2.24, 2.45) is 5.73 Å². The Morgan fingerprint density at radius 3 is 2.82 bits per heavy atom. The van der Waals surface area contributed by atoms with Gasteiger partial charge >= 0.3 is 5.97 Å². The number of hydrogen-bond acceptors (Lipinski definition) is 4. The smallest absolute Gasteiger partial charge is 0.322 e. The molecule has 0 aliphatic carbocycles. The van der Waals surface area contributed by atoms with Gasteiger partial charge in [-0.25, -0.2) is 0 Å². The first-order chi connectivity index (χ1) is 10.5. The first kappa shape index (κ1) is 14.5. The topological polar surface area (TPSA) is 113 Å². The molecule has 2 amide bonds. The van der Waals surface area contributed by atoms with E-state index in [0.29, 0.717) is 12.8 Å². The predicted octanol–water partition coefficient (Wildman–Crippen LogP) is -0.587. The molecule has 7 heteroatoms. The molecule has 1 fully saturated rings. The van der Waals surface area contributed by atoms with E-state index >= 15 is 0 Å². The molecule has 0 aromatic heterocycles. The van der Waals surface area contributed by atoms with Gasteiger partial charge in [-0.1, -0.05) is 24.3 Å². The number of carboxylic acids is 1. The van der Waals surface area contributed by atoms with Crippen LogP contribution in [0, 0.1) is 0 Å². The lowest BCUT2D eigenvalue weighted by atomic mass is 9.88. The number of nitrogens with zero attached hydrogens (tertiary/aromatic N) is 1. The summed E-state index contributed by atoms with van der Waals surface area (Å²) in [6.07, 6.45) is 0.842. The standard InChI is InChI=1S/C15H17N3O4/c16-10-6-11-9-4-2-1-3-8(9)5-12(18(11)15(10)22)14(21)17-7-13(19)20/h1-4,10-12H,5-7,16H2,(H,17,21)(H,19,20)/t10-,11+,12-/m0/s1. The van der Waals surface area contributed by atoms with Gasteiger partial charge in [0.15, 0.2) is 0 Å². The van der Waals surface area contributed by atoms with E-state index in [1.165, 1.54) is 4.90 Å². The maximum Gasteiger partial charge on any atom is 0.322 e. The quantitative estimate of drug-likeness (QED) is 0.691. The molecule has 0 bridgehead atoms. The fraction of sp³-hybridized carbons (Fsp3) is 0.400. The largest absolute Gasteiger partial charge is 0.480 e. The van der Waals surface area contributed by atoms with Crippen LogP contribution in [0.1, 0.15) is 23.6 Å². The van der Waals surface area contributed by atoms with Gasteiger partial charge in [0, 0.05) is 6.42 Å². The Kier molecular flexibility index (Phi) is 3.58. The fourth-order valence-electron chi connectivity index (χ4n) is 3.30. The number of benzene rings is 1. The third kappa shape index (κ3) is 2.33. The number of hydrogen-bond donors (Lipinski definition) is 3. The van der Waals surface area contributed by atoms with Gasteiger partial charge in [0.2, 0.25) is 11.8 Å². The average Bonchev–Trinajstić information content (AvgIpc) is 2.80. The number of carbonyl (C=O) groups is 3. The molecule has 2 aliphatic heterocycles. The Bertz CT molecular complexity index is 645. The lowest BCUT2D eigenvalue weighted by Crippen LogP contribution is -2.53. The van der Waals surface area contributed by atoms with Crippen molar-refractivity contribution in [1.29, 1.82) is 0 Å². The predicted molar refractivity (Wildman–Crippen MR) is 76.8 cm³/mol. The van der Waals surface area contributed by atoms with Gasteiger partial charge < -0.3 is 21.1 Å². The van der Waals surface area contributed by atoms with Crippen molar-refractivity contribution < 1.29 is 19.5 Å². The van der Waals surface area contributed by atoms with Crippen LogP contribution in [-0.2, 0) is 20.8 Å². The van der Waals surface area contributed by atoms with Gasteiger partial charge in [-0.2, -0.15) is 0 Å². The molecule has 2 aliphatic rings. The molecule has 116 valence electrons. The van der Waals surface area contributed by atoms with Crippen molar-refractivity contribution in [3.05, 3.63) is 35.4 Å². The van der Waals surface area contributed by atoms with E-state index in [4.69, 9.17) is 10.8 Å². The van der Waals surface area contributed by atoms with Gasteiger partial charge in [0.05, 0.1) is 12.1 Å². The molecule has 0 radical (unpaired) electrons. The lowest BCUT2D eigenvalue weighted by molar-refractivity contribution is -0.142. The highest BCUT2D eigenvalue weighted by atomic mass is 16.4. The number of rotatable bonds is 3. The van der Waals surface area contributed by atoms with Gasteiger partial charge in [0.25, 0.3) is 0 Å². The highest BCUT2D eigenvalue weighted by Crippen LogP contribution is 2.40. The fourth-order valence-corrected chi connectivity index (χ4v) is 3.30. The van der Waals surface area contributed by atoms with Crippen molar-refractivity contribution >= 4 is 17.8 Å². The van der Waals surface area contributed by atoms with E-state index in [9.17, 15) is 14.4 Å². The maximum atomic E-state index is 12.3. The van der Waals surface area contributed by atoms with Crippen molar-refractivity contribution in [3.8, 4) is 0 Å². The monoisotopic (exact) mass is 303 g/mol. The molecule has 4 N–H and O–H groups in total. The van der Waals surface area contributed by atoms with Gasteiger partial charge in [-0.15, -0.1) is 0 Å². The van der Waals surface area contributed by atoms with Crippen LogP contribution in [0.4, 0.5) is 0 Å². The van der Waals surface area contributed by atoms with Crippen LogP contribution in [-0.4, -0.2) is 46.4 Å². The van der Waals surface area contributed by atoms with E-state index in [0.717, 1.165) is 11.1 Å². The van der Waals surface area contributed by atoms with Gasteiger partial charge in [0.1, 0.15) is 12.6 Å². The highest BCUT2D eigenvalue weighted by molar-refractivity contribution is 5.93. The molecule has 2 heterocycles. The number of aliphatic carboxylic acids is 1. The second-order valence-corrected chi connectivity index (χ2v) is 5.63. The van der Waals surface area contributed by atoms with Gasteiger partial charge in [-0.3, -0.25) is 14.4 Å². The third-order valence-corrected chi connectivity index (χ3v) is 4.26. The normalized spacial score (nSPS) is 26.3. The number of carbonyl (C=O) groups excluding carboxylic acids is 2. The number of nitrogens with one attached hydrogen (secondary N) is 1. The van der Waals surface area contributed by atoms with Gasteiger partial charge in [-0.05, 0) is 17.5 Å². The average molecular weight is 303 g/mol. The molecular weight excluding hydrogens is 286 g/mol. The molecule has 1 aromatic carbocycles. The lowest BCUT2D eigenvalue weighted by Gasteiger charge is -2.38. The van der Waals surface area contributed by atoms with Crippen molar-refractivity contribution in [2.45, 2.75) is 31.0 Å². The minimum Gasteiger partial charge on any atom is -0.480 e. The summed E-state index contributed by atoms with van der Waals surface area (Å²) in [5.41, 5.74) is 7.88. The summed E-state index contributed by atoms with van der Waals surface area (Å²) in [5, 5.41) is 11.0. The van der Waals surface area contributed by atoms with Crippen molar-refractivity contribution in [2.75, 3.05) is 6.54 Å². The van der Waals surface area contributed by atoms with Crippen LogP contribution in [0.25, 0.3) is 0 Å². The minimum atomic E-state index is -1.12. The number of carboxylic acid groups (broad SMARTS) is 1. The van der Waals surface area contributed by atoms with Crippen LogP contribution < -0.4 is 11.1 Å². The summed E-state index contributed by atoms with van der Waals surface area (Å²) >= 11 is 0. The van der Waals surface area contributed by atoms with E-state index in [2.05, 4.69) is 5.32 Å². The van der Waals surface area contributed by atoms with Crippen molar-refractivity contribution in [3.63, 3.8) is 0 Å². The number of fused-ring (bicyclic) bond motifs is 3. The Morgan fingerprint density at radius 1 is 1.36 bits per heavy atom. The van der Waals surface area contributed by atoms with Crippen LogP contribution in [0.3, 0.4) is 0 Å². The molecule has 7 nitrogen and oxygen atoms in total. The molecule has 1 saturated heterocycles. The van der Waals surface area contributed by atoms with Crippen LogP contribution in [0.5, 0.6) is 0 Å². The zero-order chi connectivity index (χ0) is 15.9. The van der Waals surface area contributed by atoms with Crippen molar-refractivity contribution in [1.82, 2.24) is 10.2 Å². The first-order valence-corrected chi connectivity index (χ1v) is 7.14. The molecule has 0 spiro atoms. The van der Waals surface area contributed by atoms with E-state index in [-0.39, 0.29) is 11.9 Å². The number of amides is 2.